The first-order chi connectivity index (χ1) is 9.28. The molecule has 1 aliphatic carbocycles. The average molecular weight is 281 g/mol. The van der Waals surface area contributed by atoms with Gasteiger partial charge in [0.1, 0.15) is 5.82 Å². The molecule has 1 aliphatic rings. The summed E-state index contributed by atoms with van der Waals surface area (Å²) < 4.78 is 13.1. The summed E-state index contributed by atoms with van der Waals surface area (Å²) >= 11 is 1.76. The van der Waals surface area contributed by atoms with Gasteiger partial charge in [-0.3, -0.25) is 0 Å². The van der Waals surface area contributed by atoms with Crippen molar-refractivity contribution in [2.75, 3.05) is 12.3 Å². The Morgan fingerprint density at radius 2 is 2.16 bits per heavy atom. The van der Waals surface area contributed by atoms with Crippen LogP contribution >= 0.6 is 11.8 Å². The molecule has 3 heteroatoms. The Kier molecular flexibility index (Phi) is 6.18. The maximum absolute atomic E-state index is 13.1. The molecule has 0 bridgehead atoms. The minimum atomic E-state index is -0.138. The second-order valence-electron chi connectivity index (χ2n) is 5.41. The first-order valence-electron chi connectivity index (χ1n) is 7.39. The molecule has 1 unspecified atom stereocenters. The third kappa shape index (κ3) is 5.15. The number of halogens is 1. The molecule has 1 aromatic rings. The van der Waals surface area contributed by atoms with Crippen LogP contribution in [-0.4, -0.2) is 18.3 Å². The smallest absolute Gasteiger partial charge is 0.124 e. The maximum atomic E-state index is 13.1. The van der Waals surface area contributed by atoms with Gasteiger partial charge in [0.05, 0.1) is 0 Å². The minimum Gasteiger partial charge on any atom is -0.313 e. The zero-order valence-corrected chi connectivity index (χ0v) is 12.5. The van der Waals surface area contributed by atoms with Crippen molar-refractivity contribution in [2.24, 2.45) is 5.92 Å². The molecule has 19 heavy (non-hydrogen) atoms. The number of benzene rings is 1. The van der Waals surface area contributed by atoms with Crippen molar-refractivity contribution in [1.82, 2.24) is 5.32 Å². The molecule has 106 valence electrons. The Bertz CT molecular complexity index is 377. The molecule has 1 nitrogen and oxygen atoms in total. The summed E-state index contributed by atoms with van der Waals surface area (Å²) in [7, 11) is 0. The maximum Gasteiger partial charge on any atom is 0.124 e. The lowest BCUT2D eigenvalue weighted by molar-refractivity contribution is 0.415. The van der Waals surface area contributed by atoms with E-state index in [2.05, 4.69) is 12.2 Å². The van der Waals surface area contributed by atoms with Crippen LogP contribution in [0.4, 0.5) is 4.39 Å². The highest BCUT2D eigenvalue weighted by Crippen LogP contribution is 2.30. The molecule has 0 radical (unpaired) electrons. The first-order valence-corrected chi connectivity index (χ1v) is 8.38. The lowest BCUT2D eigenvalue weighted by Gasteiger charge is -2.21. The fourth-order valence-electron chi connectivity index (χ4n) is 2.90. The van der Waals surface area contributed by atoms with Crippen LogP contribution in [0.1, 0.15) is 39.0 Å². The molecule has 0 amide bonds. The fraction of sp³-hybridized carbons (Fsp3) is 0.625. The number of hydrogen-bond acceptors (Lipinski definition) is 2. The van der Waals surface area contributed by atoms with Gasteiger partial charge in [-0.05, 0) is 37.1 Å². The van der Waals surface area contributed by atoms with Crippen molar-refractivity contribution in [3.05, 3.63) is 30.1 Å². The third-order valence-electron chi connectivity index (χ3n) is 3.83. The van der Waals surface area contributed by atoms with Crippen LogP contribution in [0.5, 0.6) is 0 Å². The fourth-order valence-corrected chi connectivity index (χ4v) is 3.92. The van der Waals surface area contributed by atoms with E-state index in [-0.39, 0.29) is 5.82 Å². The molecule has 1 saturated carbocycles. The molecule has 1 fully saturated rings. The van der Waals surface area contributed by atoms with Gasteiger partial charge in [-0.15, -0.1) is 11.8 Å². The van der Waals surface area contributed by atoms with Crippen LogP contribution in [0.25, 0.3) is 0 Å². The Balaban J connectivity index is 1.82. The molecule has 0 saturated heterocycles. The predicted octanol–water partition coefficient (Wildman–Crippen LogP) is 4.48. The highest BCUT2D eigenvalue weighted by Gasteiger charge is 2.19. The van der Waals surface area contributed by atoms with E-state index in [0.717, 1.165) is 23.1 Å². The van der Waals surface area contributed by atoms with Gasteiger partial charge in [0.25, 0.3) is 0 Å². The normalized spacial score (nSPS) is 17.8. The van der Waals surface area contributed by atoms with Gasteiger partial charge in [-0.25, -0.2) is 4.39 Å². The molecule has 0 heterocycles. The minimum absolute atomic E-state index is 0.138. The van der Waals surface area contributed by atoms with E-state index in [1.807, 2.05) is 6.07 Å². The van der Waals surface area contributed by atoms with Gasteiger partial charge >= 0.3 is 0 Å². The molecular weight excluding hydrogens is 257 g/mol. The van der Waals surface area contributed by atoms with Crippen LogP contribution < -0.4 is 5.32 Å². The van der Waals surface area contributed by atoms with Gasteiger partial charge < -0.3 is 5.32 Å². The zero-order chi connectivity index (χ0) is 13.5. The van der Waals surface area contributed by atoms with Crippen LogP contribution in [0.15, 0.2) is 29.2 Å². The summed E-state index contributed by atoms with van der Waals surface area (Å²) in [6.07, 6.45) is 6.87. The lowest BCUT2D eigenvalue weighted by Crippen LogP contribution is -2.32. The molecule has 1 atom stereocenters. The third-order valence-corrected chi connectivity index (χ3v) is 4.99. The summed E-state index contributed by atoms with van der Waals surface area (Å²) in [5.74, 6) is 1.80. The molecule has 1 N–H and O–H groups in total. The Morgan fingerprint density at radius 3 is 2.84 bits per heavy atom. The largest absolute Gasteiger partial charge is 0.313 e. The number of nitrogens with one attached hydrogen (secondary N) is 1. The van der Waals surface area contributed by atoms with E-state index in [0.29, 0.717) is 6.04 Å². The van der Waals surface area contributed by atoms with Gasteiger partial charge in [-0.1, -0.05) is 38.7 Å². The molecule has 0 spiro atoms. The Morgan fingerprint density at radius 1 is 1.37 bits per heavy atom. The quantitative estimate of drug-likeness (QED) is 0.740. The average Bonchev–Trinajstić information content (AvgIpc) is 2.89. The molecule has 2 rings (SSSR count). The van der Waals surface area contributed by atoms with Gasteiger partial charge in [0.15, 0.2) is 0 Å². The van der Waals surface area contributed by atoms with E-state index in [4.69, 9.17) is 0 Å². The van der Waals surface area contributed by atoms with Crippen LogP contribution in [0.3, 0.4) is 0 Å². The Hall–Kier alpha value is -0.540. The summed E-state index contributed by atoms with van der Waals surface area (Å²) in [4.78, 5) is 1.04. The SMILES string of the molecule is CCNC(CSc1cccc(F)c1)CC1CCCC1. The summed E-state index contributed by atoms with van der Waals surface area (Å²) in [5.41, 5.74) is 0. The number of rotatable bonds is 7. The van der Waals surface area contributed by atoms with Crippen molar-refractivity contribution in [2.45, 2.75) is 50.0 Å². The van der Waals surface area contributed by atoms with Gasteiger partial charge in [0.2, 0.25) is 0 Å². The molecule has 0 aliphatic heterocycles. The van der Waals surface area contributed by atoms with Crippen molar-refractivity contribution in [3.63, 3.8) is 0 Å². The second kappa shape index (κ2) is 7.91. The van der Waals surface area contributed by atoms with E-state index in [1.54, 1.807) is 23.9 Å². The molecule has 0 aromatic heterocycles. The van der Waals surface area contributed by atoms with Crippen molar-refractivity contribution in [1.29, 1.82) is 0 Å². The van der Waals surface area contributed by atoms with Crippen LogP contribution in [0, 0.1) is 11.7 Å². The van der Waals surface area contributed by atoms with Gasteiger partial charge in [-0.2, -0.15) is 0 Å². The van der Waals surface area contributed by atoms with Crippen LogP contribution in [0.2, 0.25) is 0 Å². The summed E-state index contributed by atoms with van der Waals surface area (Å²) in [6.45, 7) is 3.18. The van der Waals surface area contributed by atoms with E-state index in [1.165, 1.54) is 38.2 Å². The highest BCUT2D eigenvalue weighted by molar-refractivity contribution is 7.99. The summed E-state index contributed by atoms with van der Waals surface area (Å²) in [5, 5.41) is 3.58. The first kappa shape index (κ1) is 14.9. The standard InChI is InChI=1S/C16H24FNS/c1-2-18-15(10-13-6-3-4-7-13)12-19-16-9-5-8-14(17)11-16/h5,8-9,11,13,15,18H,2-4,6-7,10,12H2,1H3. The second-order valence-corrected chi connectivity index (χ2v) is 6.50. The number of thioether (sulfide) groups is 1. The predicted molar refractivity (Wildman–Crippen MR) is 81.2 cm³/mol. The van der Waals surface area contributed by atoms with E-state index >= 15 is 0 Å². The van der Waals surface area contributed by atoms with Crippen molar-refractivity contribution in [3.8, 4) is 0 Å². The van der Waals surface area contributed by atoms with Crippen LogP contribution in [-0.2, 0) is 0 Å². The summed E-state index contributed by atoms with van der Waals surface area (Å²) in [6, 6.07) is 7.47. The van der Waals surface area contributed by atoms with Crippen molar-refractivity contribution >= 4 is 11.8 Å². The number of hydrogen-bond donors (Lipinski definition) is 1. The van der Waals surface area contributed by atoms with Crippen molar-refractivity contribution < 1.29 is 4.39 Å². The highest BCUT2D eigenvalue weighted by atomic mass is 32.2. The van der Waals surface area contributed by atoms with E-state index < -0.39 is 0 Å². The Labute approximate surface area is 120 Å². The molecule has 1 aromatic carbocycles. The van der Waals surface area contributed by atoms with E-state index in [9.17, 15) is 4.39 Å². The topological polar surface area (TPSA) is 12.0 Å². The lowest BCUT2D eigenvalue weighted by atomic mass is 9.99. The van der Waals surface area contributed by atoms with Gasteiger partial charge in [0, 0.05) is 16.7 Å². The zero-order valence-electron chi connectivity index (χ0n) is 11.7. The molecular formula is C16H24FNS. The monoisotopic (exact) mass is 281 g/mol.